The smallest absolute Gasteiger partial charge is 0.0515 e. The van der Waals surface area contributed by atoms with E-state index >= 15 is 0 Å². The number of aliphatic hydroxyl groups excluding tert-OH is 1. The van der Waals surface area contributed by atoms with Gasteiger partial charge >= 0.3 is 0 Å². The predicted molar refractivity (Wildman–Crippen MR) is 46.3 cm³/mol. The Labute approximate surface area is 67.2 Å². The summed E-state index contributed by atoms with van der Waals surface area (Å²) in [5.74, 6) is 3.39. The maximum atomic E-state index is 9.10. The van der Waals surface area contributed by atoms with Gasteiger partial charge in [-0.25, -0.2) is 0 Å². The Morgan fingerprint density at radius 2 is 2.50 bits per heavy atom. The number of hydrogen-bond acceptors (Lipinski definition) is 2. The molecule has 1 saturated heterocycles. The largest absolute Gasteiger partial charge is 0.393 e. The van der Waals surface area contributed by atoms with E-state index in [1.807, 2.05) is 18.7 Å². The van der Waals surface area contributed by atoms with E-state index in [1.54, 1.807) is 0 Å². The highest BCUT2D eigenvalue weighted by molar-refractivity contribution is 7.99. The van der Waals surface area contributed by atoms with E-state index in [2.05, 4.69) is 0 Å². The minimum atomic E-state index is -0.0938. The molecule has 1 N–H and O–H groups in total. The fourth-order valence-corrected chi connectivity index (χ4v) is 2.65. The third-order valence-corrected chi connectivity index (χ3v) is 3.21. The zero-order valence-corrected chi connectivity index (χ0v) is 7.36. The summed E-state index contributed by atoms with van der Waals surface area (Å²) in [6, 6.07) is 0. The lowest BCUT2D eigenvalue weighted by Crippen LogP contribution is -2.15. The van der Waals surface area contributed by atoms with Crippen molar-refractivity contribution in [1.82, 2.24) is 0 Å². The SMILES string of the molecule is CC(O)CC1CCCSC1. The fraction of sp³-hybridized carbons (Fsp3) is 1.00. The summed E-state index contributed by atoms with van der Waals surface area (Å²) in [5.41, 5.74) is 0. The molecule has 1 heterocycles. The Hall–Kier alpha value is 0.310. The van der Waals surface area contributed by atoms with Gasteiger partial charge in [0.25, 0.3) is 0 Å². The second kappa shape index (κ2) is 4.24. The Balaban J connectivity index is 2.13. The Bertz CT molecular complexity index is 87.3. The minimum Gasteiger partial charge on any atom is -0.393 e. The molecule has 0 aromatic rings. The number of aliphatic hydroxyl groups is 1. The first kappa shape index (κ1) is 8.41. The first-order valence-corrected chi connectivity index (χ1v) is 5.20. The van der Waals surface area contributed by atoms with Crippen LogP contribution < -0.4 is 0 Å². The summed E-state index contributed by atoms with van der Waals surface area (Å²) in [5, 5.41) is 9.10. The van der Waals surface area contributed by atoms with E-state index in [0.29, 0.717) is 0 Å². The van der Waals surface area contributed by atoms with Crippen molar-refractivity contribution in [3.8, 4) is 0 Å². The van der Waals surface area contributed by atoms with Crippen LogP contribution in [0.25, 0.3) is 0 Å². The van der Waals surface area contributed by atoms with Gasteiger partial charge in [0.1, 0.15) is 0 Å². The van der Waals surface area contributed by atoms with Crippen molar-refractivity contribution in [2.75, 3.05) is 11.5 Å². The lowest BCUT2D eigenvalue weighted by Gasteiger charge is -2.21. The van der Waals surface area contributed by atoms with Crippen LogP contribution in [0.3, 0.4) is 0 Å². The van der Waals surface area contributed by atoms with Gasteiger partial charge < -0.3 is 5.11 Å². The quantitative estimate of drug-likeness (QED) is 0.666. The van der Waals surface area contributed by atoms with Crippen LogP contribution in [0, 0.1) is 5.92 Å². The lowest BCUT2D eigenvalue weighted by molar-refractivity contribution is 0.162. The normalized spacial score (nSPS) is 30.0. The third kappa shape index (κ3) is 2.93. The van der Waals surface area contributed by atoms with Crippen LogP contribution in [-0.2, 0) is 0 Å². The van der Waals surface area contributed by atoms with Gasteiger partial charge in [-0.2, -0.15) is 11.8 Å². The Morgan fingerprint density at radius 3 is 3.00 bits per heavy atom. The monoisotopic (exact) mass is 160 g/mol. The van der Waals surface area contributed by atoms with Crippen LogP contribution in [-0.4, -0.2) is 22.7 Å². The molecule has 1 nitrogen and oxygen atoms in total. The number of hydrogen-bond donors (Lipinski definition) is 1. The molecule has 0 aromatic heterocycles. The average Bonchev–Trinajstić information content (AvgIpc) is 1.88. The van der Waals surface area contributed by atoms with Crippen LogP contribution in [0.4, 0.5) is 0 Å². The molecule has 1 rings (SSSR count). The molecule has 60 valence electrons. The Kier molecular flexibility index (Phi) is 3.57. The molecule has 0 bridgehead atoms. The molecular formula is C8H16OS. The van der Waals surface area contributed by atoms with Crippen LogP contribution >= 0.6 is 11.8 Å². The van der Waals surface area contributed by atoms with Gasteiger partial charge in [0.15, 0.2) is 0 Å². The van der Waals surface area contributed by atoms with E-state index in [-0.39, 0.29) is 6.10 Å². The van der Waals surface area contributed by atoms with E-state index < -0.39 is 0 Å². The zero-order valence-electron chi connectivity index (χ0n) is 6.55. The molecule has 10 heavy (non-hydrogen) atoms. The summed E-state index contributed by atoms with van der Waals surface area (Å²) in [6.45, 7) is 1.89. The van der Waals surface area contributed by atoms with Crippen LogP contribution in [0.1, 0.15) is 26.2 Å². The Morgan fingerprint density at radius 1 is 1.70 bits per heavy atom. The molecular weight excluding hydrogens is 144 g/mol. The summed E-state index contributed by atoms with van der Waals surface area (Å²) in [6.07, 6.45) is 3.59. The van der Waals surface area contributed by atoms with E-state index in [4.69, 9.17) is 5.11 Å². The fourth-order valence-electron chi connectivity index (χ4n) is 1.48. The zero-order chi connectivity index (χ0) is 7.40. The second-order valence-corrected chi connectivity index (χ2v) is 4.32. The van der Waals surface area contributed by atoms with Crippen molar-refractivity contribution in [2.24, 2.45) is 5.92 Å². The van der Waals surface area contributed by atoms with Gasteiger partial charge in [0.05, 0.1) is 6.10 Å². The van der Waals surface area contributed by atoms with Gasteiger partial charge in [-0.05, 0) is 43.6 Å². The van der Waals surface area contributed by atoms with E-state index in [9.17, 15) is 0 Å². The molecule has 0 radical (unpaired) electrons. The molecule has 1 fully saturated rings. The molecule has 0 aromatic carbocycles. The van der Waals surface area contributed by atoms with Gasteiger partial charge in [0, 0.05) is 0 Å². The highest BCUT2D eigenvalue weighted by atomic mass is 32.2. The minimum absolute atomic E-state index is 0.0938. The second-order valence-electron chi connectivity index (χ2n) is 3.17. The highest BCUT2D eigenvalue weighted by Crippen LogP contribution is 2.25. The number of rotatable bonds is 2. The van der Waals surface area contributed by atoms with Crippen LogP contribution in [0.2, 0.25) is 0 Å². The van der Waals surface area contributed by atoms with Crippen molar-refractivity contribution in [1.29, 1.82) is 0 Å². The topological polar surface area (TPSA) is 20.2 Å². The summed E-state index contributed by atoms with van der Waals surface area (Å²) in [7, 11) is 0. The maximum absolute atomic E-state index is 9.10. The molecule has 2 atom stereocenters. The van der Waals surface area contributed by atoms with Gasteiger partial charge in [0.2, 0.25) is 0 Å². The molecule has 0 saturated carbocycles. The first-order chi connectivity index (χ1) is 4.79. The molecule has 0 amide bonds. The summed E-state index contributed by atoms with van der Waals surface area (Å²) < 4.78 is 0. The van der Waals surface area contributed by atoms with Crippen molar-refractivity contribution in [2.45, 2.75) is 32.3 Å². The first-order valence-electron chi connectivity index (χ1n) is 4.05. The third-order valence-electron chi connectivity index (χ3n) is 1.93. The van der Waals surface area contributed by atoms with Crippen molar-refractivity contribution in [3.63, 3.8) is 0 Å². The lowest BCUT2D eigenvalue weighted by atomic mass is 9.99. The average molecular weight is 160 g/mol. The van der Waals surface area contributed by atoms with Crippen LogP contribution in [0.15, 0.2) is 0 Å². The van der Waals surface area contributed by atoms with Crippen molar-refractivity contribution >= 4 is 11.8 Å². The summed E-state index contributed by atoms with van der Waals surface area (Å²) in [4.78, 5) is 0. The molecule has 2 unspecified atom stereocenters. The van der Waals surface area contributed by atoms with E-state index in [1.165, 1.54) is 24.3 Å². The highest BCUT2D eigenvalue weighted by Gasteiger charge is 2.14. The predicted octanol–water partition coefficient (Wildman–Crippen LogP) is 1.90. The van der Waals surface area contributed by atoms with Gasteiger partial charge in [-0.3, -0.25) is 0 Å². The molecule has 0 spiro atoms. The molecule has 1 aliphatic rings. The van der Waals surface area contributed by atoms with Gasteiger partial charge in [-0.1, -0.05) is 0 Å². The van der Waals surface area contributed by atoms with Crippen molar-refractivity contribution in [3.05, 3.63) is 0 Å². The van der Waals surface area contributed by atoms with E-state index in [0.717, 1.165) is 12.3 Å². The van der Waals surface area contributed by atoms with Crippen molar-refractivity contribution < 1.29 is 5.11 Å². The number of thioether (sulfide) groups is 1. The standard InChI is InChI=1S/C8H16OS/c1-7(9)5-8-3-2-4-10-6-8/h7-9H,2-6H2,1H3. The van der Waals surface area contributed by atoms with Crippen LogP contribution in [0.5, 0.6) is 0 Å². The maximum Gasteiger partial charge on any atom is 0.0515 e. The van der Waals surface area contributed by atoms with Gasteiger partial charge in [-0.15, -0.1) is 0 Å². The summed E-state index contributed by atoms with van der Waals surface area (Å²) >= 11 is 2.03. The molecule has 0 aliphatic carbocycles. The molecule has 1 aliphatic heterocycles. The molecule has 2 heteroatoms.